The van der Waals surface area contributed by atoms with E-state index in [9.17, 15) is 8.42 Å². The van der Waals surface area contributed by atoms with E-state index in [-0.39, 0.29) is 22.4 Å². The average Bonchev–Trinajstić information content (AvgIpc) is 2.56. The molecule has 0 radical (unpaired) electrons. The third-order valence-corrected chi connectivity index (χ3v) is 6.01. The van der Waals surface area contributed by atoms with Crippen LogP contribution in [0.4, 0.5) is 5.69 Å². The highest BCUT2D eigenvalue weighted by molar-refractivity contribution is 9.10. The number of anilines is 1. The minimum Gasteiger partial charge on any atom is -0.399 e. The zero-order valence-electron chi connectivity index (χ0n) is 11.0. The van der Waals surface area contributed by atoms with Crippen LogP contribution in [0.1, 0.15) is 26.7 Å². The molecule has 1 heterocycles. The van der Waals surface area contributed by atoms with Gasteiger partial charge in [0.1, 0.15) is 0 Å². The normalized spacial score (nSPS) is 22.6. The number of halogens is 1. The summed E-state index contributed by atoms with van der Waals surface area (Å²) in [6, 6.07) is 4.73. The number of nitrogens with two attached hydrogens (primary N) is 1. The van der Waals surface area contributed by atoms with E-state index in [1.165, 1.54) is 6.07 Å². The maximum Gasteiger partial charge on any atom is 0.182 e. The highest BCUT2D eigenvalue weighted by Gasteiger charge is 2.35. The van der Waals surface area contributed by atoms with Crippen LogP contribution in [-0.2, 0) is 14.6 Å². The summed E-state index contributed by atoms with van der Waals surface area (Å²) in [5, 5.41) is 0. The molecule has 1 unspecified atom stereocenters. The van der Waals surface area contributed by atoms with E-state index in [0.29, 0.717) is 10.2 Å². The summed E-state index contributed by atoms with van der Waals surface area (Å²) in [5.41, 5.74) is 5.93. The molecule has 1 fully saturated rings. The molecule has 0 aromatic heterocycles. The second-order valence-corrected chi connectivity index (χ2v) is 8.37. The number of hydrogen-bond donors (Lipinski definition) is 1. The van der Waals surface area contributed by atoms with Gasteiger partial charge in [-0.25, -0.2) is 8.42 Å². The first-order chi connectivity index (χ1) is 8.70. The lowest BCUT2D eigenvalue weighted by atomic mass is 10.1. The van der Waals surface area contributed by atoms with Crippen LogP contribution >= 0.6 is 15.9 Å². The molecule has 106 valence electrons. The molecule has 0 aliphatic carbocycles. The third kappa shape index (κ3) is 3.49. The van der Waals surface area contributed by atoms with E-state index in [2.05, 4.69) is 15.9 Å². The summed E-state index contributed by atoms with van der Waals surface area (Å²) in [7, 11) is -3.37. The summed E-state index contributed by atoms with van der Waals surface area (Å²) >= 11 is 3.25. The molecule has 1 aliphatic rings. The summed E-state index contributed by atoms with van der Waals surface area (Å²) in [5.74, 6) is 0.0128. The van der Waals surface area contributed by atoms with Crippen LogP contribution in [0.3, 0.4) is 0 Å². The maximum absolute atomic E-state index is 12.4. The van der Waals surface area contributed by atoms with Crippen LogP contribution in [0.5, 0.6) is 0 Å². The first-order valence-electron chi connectivity index (χ1n) is 6.15. The minimum atomic E-state index is -3.37. The number of benzene rings is 1. The van der Waals surface area contributed by atoms with Gasteiger partial charge in [0.05, 0.1) is 22.4 Å². The fourth-order valence-corrected chi connectivity index (χ4v) is 4.97. The van der Waals surface area contributed by atoms with Gasteiger partial charge in [-0.2, -0.15) is 0 Å². The lowest BCUT2D eigenvalue weighted by Crippen LogP contribution is -2.25. The fraction of sp³-hybridized carbons (Fsp3) is 0.538. The Hall–Kier alpha value is -0.590. The van der Waals surface area contributed by atoms with E-state index in [1.54, 1.807) is 12.1 Å². The van der Waals surface area contributed by atoms with E-state index in [0.717, 1.165) is 12.8 Å². The lowest BCUT2D eigenvalue weighted by Gasteiger charge is -2.19. The molecule has 2 N–H and O–H groups in total. The maximum atomic E-state index is 12.4. The standard InChI is InChI=1S/C13H18BrNO3S/c1-13(2)6-5-10(18-13)8-19(16,17)12-4-3-9(15)7-11(12)14/h3-4,7,10H,5-6,8,15H2,1-2H3. The van der Waals surface area contributed by atoms with Crippen LogP contribution in [0.25, 0.3) is 0 Å². The van der Waals surface area contributed by atoms with E-state index >= 15 is 0 Å². The average molecular weight is 348 g/mol. The van der Waals surface area contributed by atoms with Gasteiger partial charge in [-0.1, -0.05) is 0 Å². The molecule has 6 heteroatoms. The molecule has 1 aliphatic heterocycles. The van der Waals surface area contributed by atoms with E-state index in [1.807, 2.05) is 13.8 Å². The molecule has 19 heavy (non-hydrogen) atoms. The minimum absolute atomic E-state index is 0.0128. The van der Waals surface area contributed by atoms with Crippen molar-refractivity contribution < 1.29 is 13.2 Å². The molecule has 0 saturated carbocycles. The van der Waals surface area contributed by atoms with Crippen molar-refractivity contribution in [3.63, 3.8) is 0 Å². The van der Waals surface area contributed by atoms with Gasteiger partial charge >= 0.3 is 0 Å². The van der Waals surface area contributed by atoms with Gasteiger partial charge in [-0.15, -0.1) is 0 Å². The molecule has 1 atom stereocenters. The predicted octanol–water partition coefficient (Wildman–Crippen LogP) is 2.76. The summed E-state index contributed by atoms with van der Waals surface area (Å²) in [6.07, 6.45) is 1.43. The molecule has 1 aromatic carbocycles. The molecule has 0 amide bonds. The summed E-state index contributed by atoms with van der Waals surface area (Å²) in [6.45, 7) is 3.97. The number of nitrogen functional groups attached to an aromatic ring is 1. The quantitative estimate of drug-likeness (QED) is 0.853. The number of ether oxygens (including phenoxy) is 1. The fourth-order valence-electron chi connectivity index (χ4n) is 2.30. The smallest absolute Gasteiger partial charge is 0.182 e. The van der Waals surface area contributed by atoms with E-state index < -0.39 is 9.84 Å². The number of sulfone groups is 1. The molecule has 1 aromatic rings. The SMILES string of the molecule is CC1(C)CCC(CS(=O)(=O)c2ccc(N)cc2Br)O1. The van der Waals surface area contributed by atoms with Gasteiger partial charge in [-0.3, -0.25) is 0 Å². The Bertz CT molecular complexity index is 584. The third-order valence-electron chi connectivity index (χ3n) is 3.25. The first kappa shape index (κ1) is 14.8. The monoisotopic (exact) mass is 347 g/mol. The van der Waals surface area contributed by atoms with Crippen molar-refractivity contribution in [2.75, 3.05) is 11.5 Å². The van der Waals surface area contributed by atoms with Crippen molar-refractivity contribution >= 4 is 31.5 Å². The van der Waals surface area contributed by atoms with Crippen LogP contribution in [0.15, 0.2) is 27.6 Å². The zero-order valence-corrected chi connectivity index (χ0v) is 13.4. The second-order valence-electron chi connectivity index (χ2n) is 5.51. The summed E-state index contributed by atoms with van der Waals surface area (Å²) < 4.78 is 31.0. The van der Waals surface area contributed by atoms with Gasteiger partial charge in [0.25, 0.3) is 0 Å². The van der Waals surface area contributed by atoms with Gasteiger partial charge in [0.2, 0.25) is 0 Å². The topological polar surface area (TPSA) is 69.4 Å². The summed E-state index contributed by atoms with van der Waals surface area (Å²) in [4.78, 5) is 0.273. The zero-order chi connectivity index (χ0) is 14.3. The Labute approximate surface area is 122 Å². The van der Waals surface area contributed by atoms with Crippen LogP contribution in [0, 0.1) is 0 Å². The number of rotatable bonds is 3. The largest absolute Gasteiger partial charge is 0.399 e. The molecule has 1 saturated heterocycles. The van der Waals surface area contributed by atoms with Crippen molar-refractivity contribution in [1.82, 2.24) is 0 Å². The van der Waals surface area contributed by atoms with Crippen LogP contribution in [0.2, 0.25) is 0 Å². The molecular formula is C13H18BrNO3S. The Morgan fingerprint density at radius 2 is 2.16 bits per heavy atom. The molecule has 0 spiro atoms. The highest BCUT2D eigenvalue weighted by atomic mass is 79.9. The number of hydrogen-bond acceptors (Lipinski definition) is 4. The first-order valence-corrected chi connectivity index (χ1v) is 8.60. The predicted molar refractivity (Wildman–Crippen MR) is 78.8 cm³/mol. The Morgan fingerprint density at radius 1 is 1.47 bits per heavy atom. The molecule has 0 bridgehead atoms. The van der Waals surface area contributed by atoms with Crippen molar-refractivity contribution in [2.24, 2.45) is 0 Å². The Kier molecular flexibility index (Phi) is 3.95. The second kappa shape index (κ2) is 5.07. The van der Waals surface area contributed by atoms with Crippen molar-refractivity contribution in [3.8, 4) is 0 Å². The Morgan fingerprint density at radius 3 is 2.68 bits per heavy atom. The molecule has 4 nitrogen and oxygen atoms in total. The molecular weight excluding hydrogens is 330 g/mol. The van der Waals surface area contributed by atoms with Crippen molar-refractivity contribution in [1.29, 1.82) is 0 Å². The van der Waals surface area contributed by atoms with Crippen molar-refractivity contribution in [2.45, 2.75) is 43.3 Å². The van der Waals surface area contributed by atoms with Crippen LogP contribution < -0.4 is 5.73 Å². The van der Waals surface area contributed by atoms with Crippen molar-refractivity contribution in [3.05, 3.63) is 22.7 Å². The Balaban J connectivity index is 2.19. The highest BCUT2D eigenvalue weighted by Crippen LogP contribution is 2.32. The van der Waals surface area contributed by atoms with Crippen LogP contribution in [-0.4, -0.2) is 25.9 Å². The van der Waals surface area contributed by atoms with Gasteiger partial charge in [0, 0.05) is 10.2 Å². The van der Waals surface area contributed by atoms with Gasteiger partial charge in [0.15, 0.2) is 9.84 Å². The molecule has 2 rings (SSSR count). The van der Waals surface area contributed by atoms with Gasteiger partial charge < -0.3 is 10.5 Å². The lowest BCUT2D eigenvalue weighted by molar-refractivity contribution is -0.00527. The van der Waals surface area contributed by atoms with E-state index in [4.69, 9.17) is 10.5 Å². The van der Waals surface area contributed by atoms with Gasteiger partial charge in [-0.05, 0) is 60.8 Å².